The molecule has 0 unspecified atom stereocenters. The second-order valence-electron chi connectivity index (χ2n) is 17.8. The van der Waals surface area contributed by atoms with Gasteiger partial charge in [-0.2, -0.15) is 10.2 Å². The number of benzene rings is 2. The summed E-state index contributed by atoms with van der Waals surface area (Å²) in [5.74, 6) is 0.187. The third-order valence-electron chi connectivity index (χ3n) is 9.08. The second kappa shape index (κ2) is 15.0. The van der Waals surface area contributed by atoms with Gasteiger partial charge in [0.1, 0.15) is 11.4 Å². The summed E-state index contributed by atoms with van der Waals surface area (Å²) in [6.07, 6.45) is 11.2. The van der Waals surface area contributed by atoms with Gasteiger partial charge in [-0.05, 0) is 149 Å². The van der Waals surface area contributed by atoms with E-state index in [0.29, 0.717) is 11.4 Å². The van der Waals surface area contributed by atoms with Crippen molar-refractivity contribution in [1.29, 1.82) is 0 Å². The molecule has 2 aromatic rings. The number of halogens is 2. The molecule has 0 fully saturated rings. The highest BCUT2D eigenvalue weighted by Crippen LogP contribution is 2.42. The molecule has 2 aliphatic rings. The lowest BCUT2D eigenvalue weighted by Gasteiger charge is -2.31. The Morgan fingerprint density at radius 3 is 1.00 bits per heavy atom. The standard InChI is InChI=1S/C44H52Br2N4O2/c1-25-15-37(49-47-23-27-17-31(41(3,4)5)39(51)32(18-27)42(6,7)8)35(45)21-29(25)30-22-36(46)38(16-26(30)2)50-48-24-28-19-33(43(9,10)11)40(52)34(20-28)44(12,13)14/h15-24H,1-14H3. The number of rotatable bonds is 5. The molecule has 0 spiro atoms. The number of carbonyl (C=O) groups excluding carboxylic acids is 2. The Balaban J connectivity index is 1.63. The summed E-state index contributed by atoms with van der Waals surface area (Å²) in [5.41, 5.74) is 9.23. The lowest BCUT2D eigenvalue weighted by atomic mass is 9.72. The summed E-state index contributed by atoms with van der Waals surface area (Å²) in [6, 6.07) is 8.15. The maximum atomic E-state index is 13.3. The molecule has 0 aliphatic heterocycles. The van der Waals surface area contributed by atoms with E-state index in [0.717, 1.165) is 64.6 Å². The van der Waals surface area contributed by atoms with Gasteiger partial charge in [-0.3, -0.25) is 9.59 Å². The molecule has 6 nitrogen and oxygen atoms in total. The highest BCUT2D eigenvalue weighted by atomic mass is 79.9. The van der Waals surface area contributed by atoms with E-state index in [2.05, 4.69) is 161 Å². The third kappa shape index (κ3) is 9.48. The number of aryl methyl sites for hydroxylation is 2. The Morgan fingerprint density at radius 2 is 0.750 bits per heavy atom. The molecule has 8 heteroatoms. The second-order valence-corrected chi connectivity index (χ2v) is 19.5. The fourth-order valence-corrected chi connectivity index (χ4v) is 6.91. The maximum Gasteiger partial charge on any atom is 0.186 e. The number of nitrogens with zero attached hydrogens (tertiary/aromatic N) is 4. The van der Waals surface area contributed by atoms with Gasteiger partial charge in [0.15, 0.2) is 11.6 Å². The summed E-state index contributed by atoms with van der Waals surface area (Å²) in [5, 5.41) is 18.0. The van der Waals surface area contributed by atoms with Crippen LogP contribution in [0.1, 0.15) is 94.2 Å². The monoisotopic (exact) mass is 826 g/mol. The normalized spacial score (nSPS) is 16.4. The number of ketones is 2. The van der Waals surface area contributed by atoms with E-state index in [1.165, 1.54) is 0 Å². The minimum atomic E-state index is -0.292. The van der Waals surface area contributed by atoms with Crippen molar-refractivity contribution in [2.45, 2.75) is 96.9 Å². The first-order valence-corrected chi connectivity index (χ1v) is 19.2. The molecule has 0 radical (unpaired) electrons. The van der Waals surface area contributed by atoms with Gasteiger partial charge >= 0.3 is 0 Å². The molecule has 4 rings (SSSR count). The van der Waals surface area contributed by atoms with Gasteiger partial charge in [0.05, 0.1) is 12.4 Å². The van der Waals surface area contributed by atoms with Crippen LogP contribution in [0.25, 0.3) is 11.1 Å². The van der Waals surface area contributed by atoms with E-state index < -0.39 is 0 Å². The molecule has 0 heterocycles. The molecule has 0 atom stereocenters. The van der Waals surface area contributed by atoms with Gasteiger partial charge in [-0.15, -0.1) is 10.2 Å². The van der Waals surface area contributed by atoms with Crippen molar-refractivity contribution in [3.8, 4) is 11.1 Å². The highest BCUT2D eigenvalue weighted by molar-refractivity contribution is 9.11. The van der Waals surface area contributed by atoms with Gasteiger partial charge in [0.2, 0.25) is 0 Å². The van der Waals surface area contributed by atoms with Crippen LogP contribution in [0.2, 0.25) is 0 Å². The van der Waals surface area contributed by atoms with Crippen LogP contribution in [0.15, 0.2) is 124 Å². The first-order valence-electron chi connectivity index (χ1n) is 17.6. The molecule has 0 amide bonds. The topological polar surface area (TPSA) is 83.6 Å². The van der Waals surface area contributed by atoms with Crippen LogP contribution in [0, 0.1) is 35.5 Å². The molecule has 0 N–H and O–H groups in total. The molecule has 52 heavy (non-hydrogen) atoms. The van der Waals surface area contributed by atoms with Crippen LogP contribution < -0.4 is 0 Å². The highest BCUT2D eigenvalue weighted by Gasteiger charge is 2.35. The van der Waals surface area contributed by atoms with Crippen molar-refractivity contribution in [3.05, 3.63) is 114 Å². The molecule has 274 valence electrons. The van der Waals surface area contributed by atoms with Crippen LogP contribution in [0.3, 0.4) is 0 Å². The van der Waals surface area contributed by atoms with Crippen molar-refractivity contribution in [2.75, 3.05) is 0 Å². The summed E-state index contributed by atoms with van der Waals surface area (Å²) in [6.45, 7) is 28.8. The first-order chi connectivity index (χ1) is 23.8. The van der Waals surface area contributed by atoms with Gasteiger partial charge in [-0.25, -0.2) is 0 Å². The summed E-state index contributed by atoms with van der Waals surface area (Å²) in [4.78, 5) is 26.6. The Bertz CT molecular complexity index is 1850. The number of azo groups is 2. The zero-order valence-corrected chi connectivity index (χ0v) is 36.3. The van der Waals surface area contributed by atoms with Crippen molar-refractivity contribution >= 4 is 54.8 Å². The van der Waals surface area contributed by atoms with Gasteiger partial charge < -0.3 is 0 Å². The molecular formula is C44H52Br2N4O2. The Hall–Kier alpha value is -3.62. The lowest BCUT2D eigenvalue weighted by molar-refractivity contribution is -0.114. The SMILES string of the molecule is Cc1cc(N=NC=C2C=C(C(C)(C)C)C(=O)C(C(C)(C)C)=C2)c(Br)cc1-c1cc(Br)c(N=NC=C2C=C(C(C)(C)C)C(=O)C(C(C)(C)C)=C2)cc1C. The molecule has 0 saturated heterocycles. The fraction of sp³-hybridized carbons (Fsp3) is 0.409. The Labute approximate surface area is 327 Å². The number of Topliss-reactive ketones (excluding diaryl/α,β-unsaturated/α-hetero) is 2. The zero-order valence-electron chi connectivity index (χ0n) is 33.1. The third-order valence-corrected chi connectivity index (χ3v) is 10.3. The van der Waals surface area contributed by atoms with E-state index in [-0.39, 0.29) is 33.2 Å². The zero-order chi connectivity index (χ0) is 39.1. The first kappa shape index (κ1) is 41.1. The maximum absolute atomic E-state index is 13.3. The minimum Gasteiger partial charge on any atom is -0.289 e. The van der Waals surface area contributed by atoms with E-state index in [9.17, 15) is 9.59 Å². The van der Waals surface area contributed by atoms with Crippen LogP contribution >= 0.6 is 31.9 Å². The average molecular weight is 829 g/mol. The summed E-state index contributed by atoms with van der Waals surface area (Å²) in [7, 11) is 0. The van der Waals surface area contributed by atoms with Crippen LogP contribution in [0.5, 0.6) is 0 Å². The molecule has 0 bridgehead atoms. The summed E-state index contributed by atoms with van der Waals surface area (Å²) < 4.78 is 1.63. The Kier molecular flexibility index (Phi) is 11.9. The van der Waals surface area contributed by atoms with Gasteiger partial charge in [0.25, 0.3) is 0 Å². The molecule has 0 saturated carbocycles. The average Bonchev–Trinajstić information content (AvgIpc) is 2.99. The number of allylic oxidation sites excluding steroid dienone is 10. The number of hydrogen-bond acceptors (Lipinski definition) is 6. The van der Waals surface area contributed by atoms with Gasteiger partial charge in [0, 0.05) is 31.2 Å². The van der Waals surface area contributed by atoms with Crippen molar-refractivity contribution in [3.63, 3.8) is 0 Å². The van der Waals surface area contributed by atoms with Crippen LogP contribution in [0.4, 0.5) is 11.4 Å². The predicted octanol–water partition coefficient (Wildman–Crippen LogP) is 14.5. The lowest BCUT2D eigenvalue weighted by Crippen LogP contribution is -2.27. The van der Waals surface area contributed by atoms with Crippen molar-refractivity contribution < 1.29 is 9.59 Å². The van der Waals surface area contributed by atoms with E-state index >= 15 is 0 Å². The Morgan fingerprint density at radius 1 is 0.481 bits per heavy atom. The largest absolute Gasteiger partial charge is 0.289 e. The molecular weight excluding hydrogens is 776 g/mol. The number of hydrogen-bond donors (Lipinski definition) is 0. The van der Waals surface area contributed by atoms with Crippen LogP contribution in [-0.4, -0.2) is 11.6 Å². The smallest absolute Gasteiger partial charge is 0.186 e. The molecule has 0 aromatic heterocycles. The minimum absolute atomic E-state index is 0.0934. The fourth-order valence-electron chi connectivity index (χ4n) is 6.06. The van der Waals surface area contributed by atoms with E-state index in [1.807, 2.05) is 36.4 Å². The van der Waals surface area contributed by atoms with Crippen LogP contribution in [-0.2, 0) is 9.59 Å². The molecule has 2 aliphatic carbocycles. The number of carbonyl (C=O) groups is 2. The quantitative estimate of drug-likeness (QED) is 0.281. The summed E-state index contributed by atoms with van der Waals surface area (Å²) >= 11 is 7.45. The molecule has 2 aromatic carbocycles. The van der Waals surface area contributed by atoms with Crippen molar-refractivity contribution in [2.24, 2.45) is 42.1 Å². The van der Waals surface area contributed by atoms with E-state index in [1.54, 1.807) is 12.4 Å². The van der Waals surface area contributed by atoms with E-state index in [4.69, 9.17) is 0 Å². The predicted molar refractivity (Wildman–Crippen MR) is 222 cm³/mol. The van der Waals surface area contributed by atoms with Gasteiger partial charge in [-0.1, -0.05) is 83.1 Å². The van der Waals surface area contributed by atoms with Crippen molar-refractivity contribution in [1.82, 2.24) is 0 Å².